The fourth-order valence-electron chi connectivity index (χ4n) is 3.66. The lowest BCUT2D eigenvalue weighted by atomic mass is 10.0. The third-order valence-electron chi connectivity index (χ3n) is 5.45. The van der Waals surface area contributed by atoms with Crippen LogP contribution < -0.4 is 0 Å². The summed E-state index contributed by atoms with van der Waals surface area (Å²) in [6, 6.07) is 9.21. The molecule has 0 saturated carbocycles. The molecule has 0 spiro atoms. The highest BCUT2D eigenvalue weighted by Gasteiger charge is 2.11. The van der Waals surface area contributed by atoms with Gasteiger partial charge in [-0.25, -0.2) is 0 Å². The van der Waals surface area contributed by atoms with Crippen molar-refractivity contribution in [1.82, 2.24) is 0 Å². The van der Waals surface area contributed by atoms with Crippen LogP contribution >= 0.6 is 0 Å². The smallest absolute Gasteiger partial charge is 0.270 e. The molecule has 4 heteroatoms. The van der Waals surface area contributed by atoms with E-state index in [0.717, 1.165) is 18.4 Å². The zero-order valence-electron chi connectivity index (χ0n) is 18.7. The van der Waals surface area contributed by atoms with E-state index >= 15 is 0 Å². The Morgan fingerprint density at radius 3 is 1.48 bits per heavy atom. The predicted molar refractivity (Wildman–Crippen MR) is 125 cm³/mol. The molecule has 3 nitrogen and oxygen atoms in total. The van der Waals surface area contributed by atoms with E-state index in [1.54, 1.807) is 0 Å². The lowest BCUT2D eigenvalue weighted by molar-refractivity contribution is 0.305. The molecule has 0 bridgehead atoms. The van der Waals surface area contributed by atoms with Crippen molar-refractivity contribution in [2.45, 2.75) is 115 Å². The summed E-state index contributed by atoms with van der Waals surface area (Å²) in [7, 11) is -3.46. The Kier molecular flexibility index (Phi) is 16.2. The van der Waals surface area contributed by atoms with Crippen molar-refractivity contribution < 1.29 is 12.6 Å². The van der Waals surface area contributed by atoms with Gasteiger partial charge >= 0.3 is 0 Å². The van der Waals surface area contributed by atoms with Gasteiger partial charge in [0.1, 0.15) is 5.75 Å². The number of hydrogen-bond acceptors (Lipinski definition) is 3. The van der Waals surface area contributed by atoms with Crippen molar-refractivity contribution >= 4 is 10.1 Å². The van der Waals surface area contributed by atoms with Gasteiger partial charge < -0.3 is 0 Å². The maximum absolute atomic E-state index is 11.9. The van der Waals surface area contributed by atoms with Crippen LogP contribution in [0, 0.1) is 0 Å². The first kappa shape index (κ1) is 26.2. The Bertz CT molecular complexity index is 569. The van der Waals surface area contributed by atoms with Crippen molar-refractivity contribution in [1.29, 1.82) is 0 Å². The van der Waals surface area contributed by atoms with Crippen molar-refractivity contribution in [3.8, 4) is 0 Å². The molecule has 168 valence electrons. The van der Waals surface area contributed by atoms with Crippen molar-refractivity contribution in [3.05, 3.63) is 35.9 Å². The van der Waals surface area contributed by atoms with Crippen molar-refractivity contribution in [2.75, 3.05) is 6.61 Å². The predicted octanol–water partition coefficient (Wildman–Crippen LogP) is 7.79. The van der Waals surface area contributed by atoms with Crippen LogP contribution in [0.4, 0.5) is 0 Å². The molecule has 0 N–H and O–H groups in total. The van der Waals surface area contributed by atoms with Gasteiger partial charge in [-0.1, -0.05) is 134 Å². The van der Waals surface area contributed by atoms with Gasteiger partial charge in [0.05, 0.1) is 6.61 Å². The molecule has 0 unspecified atom stereocenters. The molecule has 0 aromatic heterocycles. The Morgan fingerprint density at radius 1 is 0.621 bits per heavy atom. The molecule has 0 heterocycles. The molecule has 1 aromatic carbocycles. The third-order valence-corrected chi connectivity index (χ3v) is 6.66. The Labute approximate surface area is 180 Å². The van der Waals surface area contributed by atoms with E-state index in [0.29, 0.717) is 6.61 Å². The fraction of sp³-hybridized carbons (Fsp3) is 0.760. The van der Waals surface area contributed by atoms with E-state index in [1.165, 1.54) is 89.9 Å². The zero-order chi connectivity index (χ0) is 21.0. The molecule has 0 aliphatic rings. The number of unbranched alkanes of at least 4 members (excludes halogenated alkanes) is 15. The summed E-state index contributed by atoms with van der Waals surface area (Å²) in [4.78, 5) is 0. The normalized spacial score (nSPS) is 11.8. The van der Waals surface area contributed by atoms with Crippen molar-refractivity contribution in [3.63, 3.8) is 0 Å². The Balaban J connectivity index is 1.82. The van der Waals surface area contributed by atoms with Gasteiger partial charge in [0.15, 0.2) is 0 Å². The molecular formula is C25H44O3S. The van der Waals surface area contributed by atoms with E-state index in [4.69, 9.17) is 4.18 Å². The summed E-state index contributed by atoms with van der Waals surface area (Å²) in [6.45, 7) is 2.59. The molecule has 1 rings (SSSR count). The van der Waals surface area contributed by atoms with Crippen LogP contribution in [-0.4, -0.2) is 15.0 Å². The quantitative estimate of drug-likeness (QED) is 0.158. The molecule has 0 aliphatic carbocycles. The average molecular weight is 425 g/mol. The van der Waals surface area contributed by atoms with E-state index in [9.17, 15) is 8.42 Å². The first-order valence-corrected chi connectivity index (χ1v) is 13.6. The largest absolute Gasteiger partial charge is 0.271 e. The van der Waals surface area contributed by atoms with Crippen LogP contribution in [0.25, 0.3) is 0 Å². The maximum Gasteiger partial charge on any atom is 0.271 e. The Morgan fingerprint density at radius 2 is 1.03 bits per heavy atom. The number of rotatable bonds is 20. The van der Waals surface area contributed by atoms with Gasteiger partial charge in [0.25, 0.3) is 10.1 Å². The van der Waals surface area contributed by atoms with Crippen LogP contribution in [0.2, 0.25) is 0 Å². The van der Waals surface area contributed by atoms with E-state index in [1.807, 2.05) is 30.3 Å². The highest BCUT2D eigenvalue weighted by Crippen LogP contribution is 2.14. The van der Waals surface area contributed by atoms with Gasteiger partial charge in [-0.15, -0.1) is 0 Å². The molecule has 0 amide bonds. The van der Waals surface area contributed by atoms with Gasteiger partial charge in [-0.2, -0.15) is 8.42 Å². The molecule has 0 atom stereocenters. The lowest BCUT2D eigenvalue weighted by Crippen LogP contribution is -2.09. The monoisotopic (exact) mass is 424 g/mol. The molecule has 29 heavy (non-hydrogen) atoms. The minimum atomic E-state index is -3.46. The first-order valence-electron chi connectivity index (χ1n) is 12.0. The highest BCUT2D eigenvalue weighted by molar-refractivity contribution is 7.85. The standard InChI is InChI=1S/C25H44O3S/c1-2-3-4-5-6-7-8-9-10-11-12-13-14-15-16-20-23-28-29(26,27)24-25-21-18-17-19-22-25/h17-19,21-22H,2-16,20,23-24H2,1H3. The summed E-state index contributed by atoms with van der Waals surface area (Å²) in [6.07, 6.45) is 21.0. The van der Waals surface area contributed by atoms with Crippen LogP contribution in [0.3, 0.4) is 0 Å². The molecular weight excluding hydrogens is 380 g/mol. The first-order chi connectivity index (χ1) is 14.1. The minimum absolute atomic E-state index is 0.0350. The van der Waals surface area contributed by atoms with Gasteiger partial charge in [-0.3, -0.25) is 4.18 Å². The SMILES string of the molecule is CCCCCCCCCCCCCCCCCCOS(=O)(=O)Cc1ccccc1. The summed E-state index contributed by atoms with van der Waals surface area (Å²) in [5, 5.41) is 0. The summed E-state index contributed by atoms with van der Waals surface area (Å²) < 4.78 is 29.0. The average Bonchev–Trinajstić information content (AvgIpc) is 2.70. The second kappa shape index (κ2) is 17.9. The van der Waals surface area contributed by atoms with Gasteiger partial charge in [0, 0.05) is 0 Å². The molecule has 0 aliphatic heterocycles. The second-order valence-electron chi connectivity index (χ2n) is 8.31. The molecule has 0 radical (unpaired) electrons. The number of benzene rings is 1. The molecule has 0 fully saturated rings. The lowest BCUT2D eigenvalue weighted by Gasteiger charge is -2.06. The van der Waals surface area contributed by atoms with Gasteiger partial charge in [-0.05, 0) is 12.0 Å². The van der Waals surface area contributed by atoms with E-state index in [2.05, 4.69) is 6.92 Å². The second-order valence-corrected chi connectivity index (χ2v) is 9.95. The van der Waals surface area contributed by atoms with Crippen LogP contribution in [0.5, 0.6) is 0 Å². The van der Waals surface area contributed by atoms with Crippen LogP contribution in [0.15, 0.2) is 30.3 Å². The van der Waals surface area contributed by atoms with Gasteiger partial charge in [0.2, 0.25) is 0 Å². The van der Waals surface area contributed by atoms with Crippen LogP contribution in [-0.2, 0) is 20.1 Å². The van der Waals surface area contributed by atoms with E-state index in [-0.39, 0.29) is 5.75 Å². The summed E-state index contributed by atoms with van der Waals surface area (Å²) in [5.41, 5.74) is 0.777. The fourth-order valence-corrected chi connectivity index (χ4v) is 4.71. The minimum Gasteiger partial charge on any atom is -0.270 e. The van der Waals surface area contributed by atoms with E-state index < -0.39 is 10.1 Å². The summed E-state index contributed by atoms with van der Waals surface area (Å²) >= 11 is 0. The molecule has 0 saturated heterocycles. The summed E-state index contributed by atoms with van der Waals surface area (Å²) in [5.74, 6) is -0.0350. The maximum atomic E-state index is 11.9. The van der Waals surface area contributed by atoms with Crippen molar-refractivity contribution in [2.24, 2.45) is 0 Å². The number of hydrogen-bond donors (Lipinski definition) is 0. The zero-order valence-corrected chi connectivity index (χ0v) is 19.6. The van der Waals surface area contributed by atoms with Crippen LogP contribution in [0.1, 0.15) is 115 Å². The third kappa shape index (κ3) is 16.6. The molecule has 1 aromatic rings. The topological polar surface area (TPSA) is 43.4 Å². The highest BCUT2D eigenvalue weighted by atomic mass is 32.2. The Hall–Kier alpha value is -0.870.